The fourth-order valence-corrected chi connectivity index (χ4v) is 3.09. The quantitative estimate of drug-likeness (QED) is 0.900. The lowest BCUT2D eigenvalue weighted by Gasteiger charge is -2.29. The number of nitrogens with zero attached hydrogens (tertiary/aromatic N) is 1. The summed E-state index contributed by atoms with van der Waals surface area (Å²) in [7, 11) is 2.24. The zero-order chi connectivity index (χ0) is 13.8. The maximum Gasteiger partial charge on any atom is 0.0230 e. The van der Waals surface area contributed by atoms with E-state index in [1.54, 1.807) is 0 Å². The van der Waals surface area contributed by atoms with Gasteiger partial charge in [0.15, 0.2) is 0 Å². The Bertz CT molecular complexity index is 406. The summed E-state index contributed by atoms with van der Waals surface area (Å²) in [5.74, 6) is 0.844. The normalized spacial score (nSPS) is 23.8. The summed E-state index contributed by atoms with van der Waals surface area (Å²) < 4.78 is 0. The summed E-state index contributed by atoms with van der Waals surface area (Å²) in [6.07, 6.45) is 5.03. The molecule has 19 heavy (non-hydrogen) atoms. The SMILES string of the molecule is Cc1ccc(CN(C)CC2CCC(N)CC2)cc1C. The number of nitrogens with two attached hydrogens (primary N) is 1. The fourth-order valence-electron chi connectivity index (χ4n) is 3.09. The standard InChI is InChI=1S/C17H28N2/c1-13-4-5-16(10-14(13)2)12-19(3)11-15-6-8-17(18)9-7-15/h4-5,10,15,17H,6-9,11-12,18H2,1-3H3. The van der Waals surface area contributed by atoms with E-state index in [-0.39, 0.29) is 0 Å². The van der Waals surface area contributed by atoms with Gasteiger partial charge in [-0.2, -0.15) is 0 Å². The van der Waals surface area contributed by atoms with E-state index >= 15 is 0 Å². The van der Waals surface area contributed by atoms with Crippen LogP contribution in [0, 0.1) is 19.8 Å². The second-order valence-corrected chi connectivity index (χ2v) is 6.40. The number of benzene rings is 1. The third-order valence-electron chi connectivity index (χ3n) is 4.49. The van der Waals surface area contributed by atoms with E-state index in [0.29, 0.717) is 6.04 Å². The molecule has 0 aliphatic heterocycles. The Morgan fingerprint density at radius 1 is 1.11 bits per heavy atom. The van der Waals surface area contributed by atoms with Gasteiger partial charge in [0.25, 0.3) is 0 Å². The maximum atomic E-state index is 5.97. The molecule has 0 amide bonds. The van der Waals surface area contributed by atoms with Crippen molar-refractivity contribution in [1.82, 2.24) is 4.90 Å². The number of hydrogen-bond donors (Lipinski definition) is 1. The molecule has 106 valence electrons. The molecule has 1 aromatic carbocycles. The van der Waals surface area contributed by atoms with E-state index in [4.69, 9.17) is 5.73 Å². The van der Waals surface area contributed by atoms with Crippen LogP contribution in [0.3, 0.4) is 0 Å². The molecule has 0 aromatic heterocycles. The Kier molecular flexibility index (Phi) is 5.00. The van der Waals surface area contributed by atoms with Gasteiger partial charge in [-0.1, -0.05) is 18.2 Å². The minimum Gasteiger partial charge on any atom is -0.328 e. The summed E-state index contributed by atoms with van der Waals surface area (Å²) in [5, 5.41) is 0. The smallest absolute Gasteiger partial charge is 0.0230 e. The van der Waals surface area contributed by atoms with Gasteiger partial charge in [0.2, 0.25) is 0 Å². The Balaban J connectivity index is 1.83. The van der Waals surface area contributed by atoms with Crippen LogP contribution < -0.4 is 5.73 Å². The Morgan fingerprint density at radius 3 is 2.42 bits per heavy atom. The Hall–Kier alpha value is -0.860. The molecule has 0 bridgehead atoms. The highest BCUT2D eigenvalue weighted by molar-refractivity contribution is 5.29. The average molecular weight is 260 g/mol. The second-order valence-electron chi connectivity index (χ2n) is 6.40. The number of hydrogen-bond acceptors (Lipinski definition) is 2. The van der Waals surface area contributed by atoms with Crippen molar-refractivity contribution in [3.8, 4) is 0 Å². The van der Waals surface area contributed by atoms with Gasteiger partial charge in [-0.05, 0) is 69.2 Å². The minimum atomic E-state index is 0.460. The summed E-state index contributed by atoms with van der Waals surface area (Å²) in [6.45, 7) is 6.64. The first-order chi connectivity index (χ1) is 9.04. The topological polar surface area (TPSA) is 29.3 Å². The molecule has 1 saturated carbocycles. The van der Waals surface area contributed by atoms with E-state index in [1.165, 1.54) is 48.9 Å². The molecule has 0 atom stereocenters. The first-order valence-electron chi connectivity index (χ1n) is 7.55. The zero-order valence-corrected chi connectivity index (χ0v) is 12.7. The first-order valence-corrected chi connectivity index (χ1v) is 7.55. The van der Waals surface area contributed by atoms with Crippen LogP contribution in [0.5, 0.6) is 0 Å². The third-order valence-corrected chi connectivity index (χ3v) is 4.49. The molecule has 2 nitrogen and oxygen atoms in total. The highest BCUT2D eigenvalue weighted by atomic mass is 15.1. The van der Waals surface area contributed by atoms with Crippen molar-refractivity contribution in [2.75, 3.05) is 13.6 Å². The van der Waals surface area contributed by atoms with Crippen molar-refractivity contribution in [3.63, 3.8) is 0 Å². The van der Waals surface area contributed by atoms with Crippen molar-refractivity contribution >= 4 is 0 Å². The Labute approximate surface area is 118 Å². The summed E-state index contributed by atoms with van der Waals surface area (Å²) >= 11 is 0. The minimum absolute atomic E-state index is 0.460. The van der Waals surface area contributed by atoms with Crippen LogP contribution in [0.2, 0.25) is 0 Å². The third kappa shape index (κ3) is 4.32. The zero-order valence-electron chi connectivity index (χ0n) is 12.7. The van der Waals surface area contributed by atoms with Crippen LogP contribution >= 0.6 is 0 Å². The van der Waals surface area contributed by atoms with Crippen molar-refractivity contribution in [2.45, 2.75) is 52.1 Å². The van der Waals surface area contributed by atoms with Gasteiger partial charge in [-0.15, -0.1) is 0 Å². The molecule has 1 fully saturated rings. The van der Waals surface area contributed by atoms with Crippen LogP contribution in [-0.4, -0.2) is 24.5 Å². The molecule has 0 radical (unpaired) electrons. The maximum absolute atomic E-state index is 5.97. The molecular formula is C17H28N2. The van der Waals surface area contributed by atoms with Crippen LogP contribution in [-0.2, 0) is 6.54 Å². The first kappa shape index (κ1) is 14.5. The highest BCUT2D eigenvalue weighted by Crippen LogP contribution is 2.24. The lowest BCUT2D eigenvalue weighted by molar-refractivity contribution is 0.219. The molecule has 1 aliphatic rings. The van der Waals surface area contributed by atoms with E-state index in [0.717, 1.165) is 12.5 Å². The van der Waals surface area contributed by atoms with E-state index in [9.17, 15) is 0 Å². The molecule has 1 aromatic rings. The molecule has 0 unspecified atom stereocenters. The van der Waals surface area contributed by atoms with Crippen LogP contribution in [0.1, 0.15) is 42.4 Å². The fraction of sp³-hybridized carbons (Fsp3) is 0.647. The van der Waals surface area contributed by atoms with Crippen LogP contribution in [0.25, 0.3) is 0 Å². The van der Waals surface area contributed by atoms with E-state index in [1.807, 2.05) is 0 Å². The van der Waals surface area contributed by atoms with Crippen molar-refractivity contribution in [2.24, 2.45) is 11.7 Å². The Morgan fingerprint density at radius 2 is 1.79 bits per heavy atom. The predicted octanol–water partition coefficient (Wildman–Crippen LogP) is 3.25. The monoisotopic (exact) mass is 260 g/mol. The number of rotatable bonds is 4. The van der Waals surface area contributed by atoms with Gasteiger partial charge in [-0.25, -0.2) is 0 Å². The van der Waals surface area contributed by atoms with Gasteiger partial charge in [0, 0.05) is 19.1 Å². The molecule has 2 rings (SSSR count). The molecule has 0 spiro atoms. The van der Waals surface area contributed by atoms with Gasteiger partial charge in [-0.3, -0.25) is 0 Å². The second kappa shape index (κ2) is 6.53. The van der Waals surface area contributed by atoms with Crippen LogP contribution in [0.4, 0.5) is 0 Å². The average Bonchev–Trinajstić information content (AvgIpc) is 2.37. The van der Waals surface area contributed by atoms with Crippen molar-refractivity contribution in [3.05, 3.63) is 34.9 Å². The molecular weight excluding hydrogens is 232 g/mol. The lowest BCUT2D eigenvalue weighted by Crippen LogP contribution is -2.32. The molecule has 0 saturated heterocycles. The molecule has 0 heterocycles. The van der Waals surface area contributed by atoms with Crippen molar-refractivity contribution < 1.29 is 0 Å². The molecule has 2 heteroatoms. The molecule has 2 N–H and O–H groups in total. The van der Waals surface area contributed by atoms with Crippen molar-refractivity contribution in [1.29, 1.82) is 0 Å². The predicted molar refractivity (Wildman–Crippen MR) is 82.2 cm³/mol. The van der Waals surface area contributed by atoms with Gasteiger partial charge in [0.05, 0.1) is 0 Å². The lowest BCUT2D eigenvalue weighted by atomic mass is 9.86. The number of aryl methyl sites for hydroxylation is 2. The van der Waals surface area contributed by atoms with E-state index in [2.05, 4.69) is 44.0 Å². The van der Waals surface area contributed by atoms with Gasteiger partial charge in [0.1, 0.15) is 0 Å². The summed E-state index contributed by atoms with van der Waals surface area (Å²) in [4.78, 5) is 2.46. The molecule has 1 aliphatic carbocycles. The highest BCUT2D eigenvalue weighted by Gasteiger charge is 2.19. The largest absolute Gasteiger partial charge is 0.328 e. The van der Waals surface area contributed by atoms with E-state index < -0.39 is 0 Å². The van der Waals surface area contributed by atoms with Gasteiger partial charge >= 0.3 is 0 Å². The summed E-state index contributed by atoms with van der Waals surface area (Å²) in [6, 6.07) is 7.28. The summed E-state index contributed by atoms with van der Waals surface area (Å²) in [5.41, 5.74) is 10.2. The van der Waals surface area contributed by atoms with Gasteiger partial charge < -0.3 is 10.6 Å². The van der Waals surface area contributed by atoms with Crippen LogP contribution in [0.15, 0.2) is 18.2 Å².